The molecule has 0 spiro atoms. The average Bonchev–Trinajstić information content (AvgIpc) is 3.31. The van der Waals surface area contributed by atoms with Crippen molar-refractivity contribution in [1.82, 2.24) is 4.98 Å². The first-order valence-electron chi connectivity index (χ1n) is 9.95. The quantitative estimate of drug-likeness (QED) is 0.429. The van der Waals surface area contributed by atoms with Crippen LogP contribution in [0.5, 0.6) is 11.5 Å². The van der Waals surface area contributed by atoms with E-state index in [9.17, 15) is 8.42 Å². The number of halogens is 2. The van der Waals surface area contributed by atoms with Gasteiger partial charge in [0.15, 0.2) is 15.0 Å². The molecule has 170 valence electrons. The minimum absolute atomic E-state index is 0.0925. The Balaban J connectivity index is 1.49. The van der Waals surface area contributed by atoms with Crippen molar-refractivity contribution in [1.29, 1.82) is 0 Å². The van der Waals surface area contributed by atoms with Gasteiger partial charge in [-0.25, -0.2) is 13.4 Å². The molecule has 1 aromatic heterocycles. The molecule has 1 fully saturated rings. The van der Waals surface area contributed by atoms with Gasteiger partial charge in [0.2, 0.25) is 0 Å². The van der Waals surface area contributed by atoms with Crippen LogP contribution in [0.25, 0.3) is 11.3 Å². The standard InChI is InChI=1S/C22H22Cl2N2O4S2/c1-29-15-10-14(11-16(12-15)30-2)19-13-31-22(25-19)26-8-6-17(7-9-26)32(27,28)20-5-3-4-18(23)21(20)24/h3-5,10-13,17H,6-9H2,1-2H3. The van der Waals surface area contributed by atoms with Crippen LogP contribution in [0.2, 0.25) is 10.0 Å². The molecule has 10 heteroatoms. The summed E-state index contributed by atoms with van der Waals surface area (Å²) >= 11 is 13.7. The SMILES string of the molecule is COc1cc(OC)cc(-c2csc(N3CCC(S(=O)(=O)c4cccc(Cl)c4Cl)CC3)n2)c1. The molecule has 0 saturated carbocycles. The molecular formula is C22H22Cl2N2O4S2. The second-order valence-corrected chi connectivity index (χ2v) is 11.2. The van der Waals surface area contributed by atoms with Gasteiger partial charge in [-0.1, -0.05) is 29.3 Å². The molecule has 1 aliphatic heterocycles. The Morgan fingerprint density at radius 2 is 1.72 bits per heavy atom. The van der Waals surface area contributed by atoms with Gasteiger partial charge in [0.1, 0.15) is 11.5 Å². The van der Waals surface area contributed by atoms with E-state index in [1.165, 1.54) is 17.4 Å². The number of aromatic nitrogens is 1. The van der Waals surface area contributed by atoms with E-state index in [0.29, 0.717) is 37.4 Å². The zero-order chi connectivity index (χ0) is 22.9. The van der Waals surface area contributed by atoms with Crippen molar-refractivity contribution in [2.45, 2.75) is 23.0 Å². The summed E-state index contributed by atoms with van der Waals surface area (Å²) in [5.74, 6) is 1.39. The fourth-order valence-corrected chi connectivity index (χ4v) is 7.12. The van der Waals surface area contributed by atoms with Crippen molar-refractivity contribution in [3.8, 4) is 22.8 Å². The maximum absolute atomic E-state index is 13.1. The van der Waals surface area contributed by atoms with Crippen molar-refractivity contribution in [2.24, 2.45) is 0 Å². The minimum Gasteiger partial charge on any atom is -0.497 e. The number of anilines is 1. The van der Waals surface area contributed by atoms with Gasteiger partial charge in [0.05, 0.1) is 40.1 Å². The molecular weight excluding hydrogens is 491 g/mol. The number of hydrogen-bond acceptors (Lipinski definition) is 7. The third kappa shape index (κ3) is 4.55. The summed E-state index contributed by atoms with van der Waals surface area (Å²) in [6, 6.07) is 10.4. The predicted octanol–water partition coefficient (Wildman–Crippen LogP) is 5.58. The van der Waals surface area contributed by atoms with E-state index in [0.717, 1.165) is 16.4 Å². The molecule has 0 N–H and O–H groups in total. The van der Waals surface area contributed by atoms with Crippen LogP contribution in [-0.4, -0.2) is 46.0 Å². The van der Waals surface area contributed by atoms with Gasteiger partial charge in [-0.2, -0.15) is 0 Å². The molecule has 0 bridgehead atoms. The van der Waals surface area contributed by atoms with E-state index in [1.807, 2.05) is 23.6 Å². The van der Waals surface area contributed by atoms with Crippen LogP contribution in [0.4, 0.5) is 5.13 Å². The molecule has 4 rings (SSSR count). The van der Waals surface area contributed by atoms with Crippen LogP contribution >= 0.6 is 34.5 Å². The number of piperidine rings is 1. The predicted molar refractivity (Wildman–Crippen MR) is 130 cm³/mol. The summed E-state index contributed by atoms with van der Waals surface area (Å²) in [6.07, 6.45) is 0.986. The number of benzene rings is 2. The maximum Gasteiger partial charge on any atom is 0.185 e. The Morgan fingerprint density at radius 1 is 1.06 bits per heavy atom. The first-order valence-corrected chi connectivity index (χ1v) is 13.1. The van der Waals surface area contributed by atoms with Gasteiger partial charge in [-0.15, -0.1) is 11.3 Å². The van der Waals surface area contributed by atoms with Crippen molar-refractivity contribution in [3.05, 3.63) is 51.8 Å². The van der Waals surface area contributed by atoms with Crippen molar-refractivity contribution in [3.63, 3.8) is 0 Å². The van der Waals surface area contributed by atoms with Crippen molar-refractivity contribution < 1.29 is 17.9 Å². The number of sulfone groups is 1. The largest absolute Gasteiger partial charge is 0.497 e. The lowest BCUT2D eigenvalue weighted by Crippen LogP contribution is -2.39. The monoisotopic (exact) mass is 512 g/mol. The van der Waals surface area contributed by atoms with Crippen LogP contribution in [0, 0.1) is 0 Å². The van der Waals surface area contributed by atoms with E-state index >= 15 is 0 Å². The lowest BCUT2D eigenvalue weighted by molar-refractivity contribution is 0.394. The van der Waals surface area contributed by atoms with Crippen LogP contribution in [0.1, 0.15) is 12.8 Å². The highest BCUT2D eigenvalue weighted by atomic mass is 35.5. The first-order chi connectivity index (χ1) is 15.3. The number of methoxy groups -OCH3 is 2. The number of thiazole rings is 1. The van der Waals surface area contributed by atoms with Gasteiger partial charge in [-0.3, -0.25) is 0 Å². The molecule has 0 radical (unpaired) electrons. The van der Waals surface area contributed by atoms with Crippen molar-refractivity contribution in [2.75, 3.05) is 32.2 Å². The molecule has 3 aromatic rings. The van der Waals surface area contributed by atoms with Gasteiger partial charge < -0.3 is 14.4 Å². The molecule has 1 aliphatic rings. The fraction of sp³-hybridized carbons (Fsp3) is 0.318. The van der Waals surface area contributed by atoms with E-state index in [4.69, 9.17) is 37.7 Å². The number of nitrogens with zero attached hydrogens (tertiary/aromatic N) is 2. The summed E-state index contributed by atoms with van der Waals surface area (Å²) in [4.78, 5) is 7.00. The maximum atomic E-state index is 13.1. The molecule has 0 amide bonds. The highest BCUT2D eigenvalue weighted by Gasteiger charge is 2.33. The number of hydrogen-bond donors (Lipinski definition) is 0. The lowest BCUT2D eigenvalue weighted by atomic mass is 10.1. The van der Waals surface area contributed by atoms with Crippen molar-refractivity contribution >= 4 is 49.5 Å². The normalized spacial score (nSPS) is 15.1. The van der Waals surface area contributed by atoms with E-state index in [1.54, 1.807) is 26.4 Å². The van der Waals surface area contributed by atoms with Gasteiger partial charge in [-0.05, 0) is 37.1 Å². The van der Waals surface area contributed by atoms with E-state index < -0.39 is 15.1 Å². The van der Waals surface area contributed by atoms with Crippen LogP contribution in [-0.2, 0) is 9.84 Å². The molecule has 32 heavy (non-hydrogen) atoms. The Hall–Kier alpha value is -2.00. The summed E-state index contributed by atoms with van der Waals surface area (Å²) in [6.45, 7) is 1.19. The minimum atomic E-state index is -3.56. The second kappa shape index (κ2) is 9.47. The number of rotatable bonds is 6. The summed E-state index contributed by atoms with van der Waals surface area (Å²) in [5, 5.41) is 2.68. The van der Waals surface area contributed by atoms with Gasteiger partial charge in [0.25, 0.3) is 0 Å². The first kappa shape index (κ1) is 23.2. The second-order valence-electron chi connectivity index (χ2n) is 7.40. The summed E-state index contributed by atoms with van der Waals surface area (Å²) < 4.78 is 36.9. The average molecular weight is 513 g/mol. The van der Waals surface area contributed by atoms with Gasteiger partial charge in [0, 0.05) is 30.1 Å². The summed E-state index contributed by atoms with van der Waals surface area (Å²) in [5.41, 5.74) is 1.72. The molecule has 0 aliphatic carbocycles. The topological polar surface area (TPSA) is 68.7 Å². The summed E-state index contributed by atoms with van der Waals surface area (Å²) in [7, 11) is -0.340. The van der Waals surface area contributed by atoms with Crippen LogP contribution in [0.15, 0.2) is 46.7 Å². The number of ether oxygens (including phenoxy) is 2. The molecule has 2 aromatic carbocycles. The Morgan fingerprint density at radius 3 is 2.34 bits per heavy atom. The molecule has 2 heterocycles. The Bertz CT molecular complexity index is 1200. The lowest BCUT2D eigenvalue weighted by Gasteiger charge is -2.31. The molecule has 0 atom stereocenters. The third-order valence-corrected chi connectivity index (χ3v) is 9.65. The Labute approximate surface area is 201 Å². The van der Waals surface area contributed by atoms with Gasteiger partial charge >= 0.3 is 0 Å². The highest BCUT2D eigenvalue weighted by Crippen LogP contribution is 2.36. The highest BCUT2D eigenvalue weighted by molar-refractivity contribution is 7.92. The Kier molecular flexibility index (Phi) is 6.86. The molecule has 0 unspecified atom stereocenters. The van der Waals surface area contributed by atoms with Crippen LogP contribution in [0.3, 0.4) is 0 Å². The van der Waals surface area contributed by atoms with E-state index in [2.05, 4.69) is 4.90 Å². The third-order valence-electron chi connectivity index (χ3n) is 5.51. The van der Waals surface area contributed by atoms with Crippen LogP contribution < -0.4 is 14.4 Å². The zero-order valence-electron chi connectivity index (χ0n) is 17.5. The molecule has 1 saturated heterocycles. The molecule has 6 nitrogen and oxygen atoms in total. The zero-order valence-corrected chi connectivity index (χ0v) is 20.7. The van der Waals surface area contributed by atoms with E-state index in [-0.39, 0.29) is 14.9 Å². The fourth-order valence-electron chi connectivity index (χ4n) is 3.74. The smallest absolute Gasteiger partial charge is 0.185 e.